The van der Waals surface area contributed by atoms with E-state index in [9.17, 15) is 4.79 Å². The van der Waals surface area contributed by atoms with Crippen LogP contribution in [0.4, 0.5) is 0 Å². The molecular formula is C20H23NO2. The van der Waals surface area contributed by atoms with Crippen LogP contribution >= 0.6 is 0 Å². The van der Waals surface area contributed by atoms with Crippen LogP contribution in [0.1, 0.15) is 34.3 Å². The van der Waals surface area contributed by atoms with Crippen molar-refractivity contribution >= 4 is 5.91 Å². The molecule has 2 aromatic carbocycles. The number of rotatable bonds is 7. The van der Waals surface area contributed by atoms with Crippen LogP contribution in [0.25, 0.3) is 0 Å². The maximum Gasteiger partial charge on any atom is 0.251 e. The minimum absolute atomic E-state index is 0.0688. The summed E-state index contributed by atoms with van der Waals surface area (Å²) in [6.45, 7) is 6.45. The molecule has 0 spiro atoms. The van der Waals surface area contributed by atoms with Crippen molar-refractivity contribution in [3.05, 3.63) is 77.9 Å². The molecule has 23 heavy (non-hydrogen) atoms. The quantitative estimate of drug-likeness (QED) is 0.786. The van der Waals surface area contributed by atoms with E-state index in [1.807, 2.05) is 30.3 Å². The second-order valence-corrected chi connectivity index (χ2v) is 5.54. The van der Waals surface area contributed by atoms with E-state index in [1.165, 1.54) is 5.56 Å². The number of amides is 1. The Balaban J connectivity index is 2.03. The van der Waals surface area contributed by atoms with E-state index >= 15 is 0 Å². The van der Waals surface area contributed by atoms with Gasteiger partial charge in [0.2, 0.25) is 0 Å². The van der Waals surface area contributed by atoms with Crippen LogP contribution < -0.4 is 10.1 Å². The highest BCUT2D eigenvalue weighted by Gasteiger charge is 2.11. The molecular weight excluding hydrogens is 286 g/mol. The summed E-state index contributed by atoms with van der Waals surface area (Å²) in [4.78, 5) is 12.4. The van der Waals surface area contributed by atoms with Crippen LogP contribution in [-0.4, -0.2) is 19.6 Å². The van der Waals surface area contributed by atoms with Crippen molar-refractivity contribution < 1.29 is 9.53 Å². The fourth-order valence-corrected chi connectivity index (χ4v) is 2.48. The molecule has 3 nitrogen and oxygen atoms in total. The SMILES string of the molecule is C=CCc1cc(C(=O)NCC(C)c2ccccc2)ccc1OC. The maximum absolute atomic E-state index is 12.4. The molecule has 0 saturated carbocycles. The lowest BCUT2D eigenvalue weighted by molar-refractivity contribution is 0.0951. The van der Waals surface area contributed by atoms with Gasteiger partial charge in [0.25, 0.3) is 5.91 Å². The van der Waals surface area contributed by atoms with Gasteiger partial charge in [0.05, 0.1) is 7.11 Å². The zero-order chi connectivity index (χ0) is 16.7. The number of carbonyl (C=O) groups excluding carboxylic acids is 1. The molecule has 0 saturated heterocycles. The first-order chi connectivity index (χ1) is 11.2. The van der Waals surface area contributed by atoms with Crippen molar-refractivity contribution in [2.75, 3.05) is 13.7 Å². The smallest absolute Gasteiger partial charge is 0.251 e. The lowest BCUT2D eigenvalue weighted by Gasteiger charge is -2.14. The van der Waals surface area contributed by atoms with Crippen LogP contribution in [0.2, 0.25) is 0 Å². The summed E-state index contributed by atoms with van der Waals surface area (Å²) < 4.78 is 5.31. The van der Waals surface area contributed by atoms with Gasteiger partial charge in [-0.05, 0) is 41.7 Å². The van der Waals surface area contributed by atoms with Crippen molar-refractivity contribution in [3.8, 4) is 5.75 Å². The van der Waals surface area contributed by atoms with Crippen LogP contribution in [0.3, 0.4) is 0 Å². The summed E-state index contributed by atoms with van der Waals surface area (Å²) in [5.41, 5.74) is 2.82. The average Bonchev–Trinajstić information content (AvgIpc) is 2.60. The van der Waals surface area contributed by atoms with Crippen LogP contribution in [0.5, 0.6) is 5.75 Å². The Kier molecular flexibility index (Phi) is 5.98. The summed E-state index contributed by atoms with van der Waals surface area (Å²) in [5.74, 6) is 0.978. The van der Waals surface area contributed by atoms with Crippen LogP contribution in [0.15, 0.2) is 61.2 Å². The molecule has 2 aromatic rings. The van der Waals surface area contributed by atoms with Gasteiger partial charge in [-0.15, -0.1) is 6.58 Å². The molecule has 2 rings (SSSR count). The van der Waals surface area contributed by atoms with Crippen LogP contribution in [0, 0.1) is 0 Å². The summed E-state index contributed by atoms with van der Waals surface area (Å²) in [5, 5.41) is 3.00. The number of allylic oxidation sites excluding steroid dienone is 1. The molecule has 0 aliphatic carbocycles. The maximum atomic E-state index is 12.4. The molecule has 0 radical (unpaired) electrons. The van der Waals surface area contributed by atoms with Gasteiger partial charge < -0.3 is 10.1 Å². The lowest BCUT2D eigenvalue weighted by Crippen LogP contribution is -2.27. The second kappa shape index (κ2) is 8.18. The zero-order valence-corrected chi connectivity index (χ0v) is 13.7. The van der Waals surface area contributed by atoms with Gasteiger partial charge in [-0.3, -0.25) is 4.79 Å². The van der Waals surface area contributed by atoms with Crippen molar-refractivity contribution in [1.29, 1.82) is 0 Å². The predicted octanol–water partition coefficient (Wildman–Crippen LogP) is 3.96. The minimum Gasteiger partial charge on any atom is -0.496 e. The average molecular weight is 309 g/mol. The molecule has 3 heteroatoms. The third kappa shape index (κ3) is 4.46. The molecule has 1 N–H and O–H groups in total. The van der Waals surface area contributed by atoms with Gasteiger partial charge >= 0.3 is 0 Å². The van der Waals surface area contributed by atoms with Gasteiger partial charge in [-0.2, -0.15) is 0 Å². The number of hydrogen-bond acceptors (Lipinski definition) is 2. The molecule has 0 heterocycles. The second-order valence-electron chi connectivity index (χ2n) is 5.54. The Bertz CT molecular complexity index is 665. The highest BCUT2D eigenvalue weighted by molar-refractivity contribution is 5.94. The number of nitrogens with one attached hydrogen (secondary N) is 1. The van der Waals surface area contributed by atoms with E-state index < -0.39 is 0 Å². The highest BCUT2D eigenvalue weighted by atomic mass is 16.5. The van der Waals surface area contributed by atoms with Crippen molar-refractivity contribution in [2.45, 2.75) is 19.3 Å². The molecule has 0 aliphatic rings. The van der Waals surface area contributed by atoms with E-state index in [0.717, 1.165) is 11.3 Å². The predicted molar refractivity (Wildman–Crippen MR) is 94.1 cm³/mol. The first-order valence-electron chi connectivity index (χ1n) is 7.76. The fourth-order valence-electron chi connectivity index (χ4n) is 2.48. The van der Waals surface area contributed by atoms with Crippen molar-refractivity contribution in [2.24, 2.45) is 0 Å². The monoisotopic (exact) mass is 309 g/mol. The van der Waals surface area contributed by atoms with E-state index in [2.05, 4.69) is 31.0 Å². The van der Waals surface area contributed by atoms with Crippen LogP contribution in [-0.2, 0) is 6.42 Å². The molecule has 0 fully saturated rings. The Hall–Kier alpha value is -2.55. The number of benzene rings is 2. The molecule has 1 atom stereocenters. The number of methoxy groups -OCH3 is 1. The van der Waals surface area contributed by atoms with E-state index in [4.69, 9.17) is 4.74 Å². The molecule has 1 unspecified atom stereocenters. The highest BCUT2D eigenvalue weighted by Crippen LogP contribution is 2.21. The van der Waals surface area contributed by atoms with Gasteiger partial charge in [0.1, 0.15) is 5.75 Å². The summed E-state index contributed by atoms with van der Waals surface area (Å²) in [7, 11) is 1.63. The number of hydrogen-bond donors (Lipinski definition) is 1. The first-order valence-corrected chi connectivity index (χ1v) is 7.76. The van der Waals surface area contributed by atoms with Gasteiger partial charge in [-0.25, -0.2) is 0 Å². The Labute approximate surface area is 138 Å². The summed E-state index contributed by atoms with van der Waals surface area (Å²) >= 11 is 0. The molecule has 120 valence electrons. The van der Waals surface area contributed by atoms with Crippen molar-refractivity contribution in [3.63, 3.8) is 0 Å². The molecule has 0 bridgehead atoms. The largest absolute Gasteiger partial charge is 0.496 e. The minimum atomic E-state index is -0.0688. The van der Waals surface area contributed by atoms with E-state index in [1.54, 1.807) is 19.3 Å². The molecule has 0 aromatic heterocycles. The summed E-state index contributed by atoms with van der Waals surface area (Å²) in [6, 6.07) is 15.6. The van der Waals surface area contributed by atoms with Crippen molar-refractivity contribution in [1.82, 2.24) is 5.32 Å². The third-order valence-electron chi connectivity index (χ3n) is 3.84. The molecule has 0 aliphatic heterocycles. The third-order valence-corrected chi connectivity index (χ3v) is 3.84. The van der Waals surface area contributed by atoms with E-state index in [-0.39, 0.29) is 11.8 Å². The van der Waals surface area contributed by atoms with Gasteiger partial charge in [-0.1, -0.05) is 43.3 Å². The Morgan fingerprint density at radius 2 is 2.00 bits per heavy atom. The fraction of sp³-hybridized carbons (Fsp3) is 0.250. The number of ether oxygens (including phenoxy) is 1. The number of carbonyl (C=O) groups is 1. The Morgan fingerprint density at radius 1 is 1.26 bits per heavy atom. The van der Waals surface area contributed by atoms with Gasteiger partial charge in [0, 0.05) is 12.1 Å². The van der Waals surface area contributed by atoms with E-state index in [0.29, 0.717) is 18.5 Å². The lowest BCUT2D eigenvalue weighted by atomic mass is 10.0. The topological polar surface area (TPSA) is 38.3 Å². The summed E-state index contributed by atoms with van der Waals surface area (Å²) in [6.07, 6.45) is 2.47. The normalized spacial score (nSPS) is 11.6. The standard InChI is InChI=1S/C20H23NO2/c1-4-8-17-13-18(11-12-19(17)23-3)20(22)21-14-15(2)16-9-6-5-7-10-16/h4-7,9-13,15H,1,8,14H2,2-3H3,(H,21,22). The zero-order valence-electron chi connectivity index (χ0n) is 13.7. The first kappa shape index (κ1) is 16.8. The Morgan fingerprint density at radius 3 is 2.65 bits per heavy atom. The molecule has 1 amide bonds. The van der Waals surface area contributed by atoms with Gasteiger partial charge in [0.15, 0.2) is 0 Å².